The van der Waals surface area contributed by atoms with Gasteiger partial charge in [-0.2, -0.15) is 5.10 Å². The number of carboxylic acid groups (broad SMARTS) is 1. The lowest BCUT2D eigenvalue weighted by Gasteiger charge is -2.08. The molecule has 0 spiro atoms. The molecule has 0 amide bonds. The van der Waals surface area contributed by atoms with Crippen LogP contribution in [-0.2, 0) is 11.2 Å². The summed E-state index contributed by atoms with van der Waals surface area (Å²) in [5.74, 6) is -0.855. The number of nitrogens with zero attached hydrogens (tertiary/aromatic N) is 1. The van der Waals surface area contributed by atoms with Crippen molar-refractivity contribution in [3.63, 3.8) is 0 Å². The SMILES string of the molecule is CN[C@H](Cc1ccn[nH]1)C(=O)O. The van der Waals surface area contributed by atoms with E-state index < -0.39 is 12.0 Å². The number of carbonyl (C=O) groups is 1. The second kappa shape index (κ2) is 3.87. The van der Waals surface area contributed by atoms with Crippen molar-refractivity contribution < 1.29 is 9.90 Å². The molecule has 66 valence electrons. The number of hydrogen-bond acceptors (Lipinski definition) is 3. The molecule has 0 bridgehead atoms. The quantitative estimate of drug-likeness (QED) is 0.574. The van der Waals surface area contributed by atoms with Crippen molar-refractivity contribution in [2.45, 2.75) is 12.5 Å². The van der Waals surface area contributed by atoms with Crippen LogP contribution in [0.3, 0.4) is 0 Å². The first-order valence-corrected chi connectivity index (χ1v) is 3.62. The number of rotatable bonds is 4. The lowest BCUT2D eigenvalue weighted by molar-refractivity contribution is -0.139. The highest BCUT2D eigenvalue weighted by atomic mass is 16.4. The summed E-state index contributed by atoms with van der Waals surface area (Å²) in [6.07, 6.45) is 2.02. The molecule has 12 heavy (non-hydrogen) atoms. The lowest BCUT2D eigenvalue weighted by Crippen LogP contribution is -2.35. The van der Waals surface area contributed by atoms with E-state index in [-0.39, 0.29) is 0 Å². The molecule has 0 aliphatic heterocycles. The van der Waals surface area contributed by atoms with Gasteiger partial charge in [0.05, 0.1) is 0 Å². The number of likely N-dealkylation sites (N-methyl/N-ethyl adjacent to an activating group) is 1. The minimum atomic E-state index is -0.855. The number of aromatic amines is 1. The Kier molecular flexibility index (Phi) is 2.82. The molecule has 0 aliphatic rings. The topological polar surface area (TPSA) is 78.0 Å². The highest BCUT2D eigenvalue weighted by Crippen LogP contribution is 1.97. The molecule has 0 unspecified atom stereocenters. The van der Waals surface area contributed by atoms with Gasteiger partial charge in [-0.05, 0) is 13.1 Å². The highest BCUT2D eigenvalue weighted by molar-refractivity contribution is 5.73. The van der Waals surface area contributed by atoms with E-state index in [0.717, 1.165) is 5.69 Å². The minimum absolute atomic E-state index is 0.422. The van der Waals surface area contributed by atoms with Crippen LogP contribution in [0, 0.1) is 0 Å². The lowest BCUT2D eigenvalue weighted by atomic mass is 10.1. The standard InChI is InChI=1S/C7H11N3O2/c1-8-6(7(11)12)4-5-2-3-9-10-5/h2-3,6,8H,4H2,1H3,(H,9,10)(H,11,12)/t6-/m1/s1. The van der Waals surface area contributed by atoms with E-state index in [9.17, 15) is 4.79 Å². The molecule has 0 radical (unpaired) electrons. The molecule has 5 heteroatoms. The van der Waals surface area contributed by atoms with Crippen molar-refractivity contribution >= 4 is 5.97 Å². The molecular formula is C7H11N3O2. The molecule has 0 fully saturated rings. The van der Waals surface area contributed by atoms with Crippen molar-refractivity contribution in [2.24, 2.45) is 0 Å². The molecule has 0 aromatic carbocycles. The van der Waals surface area contributed by atoms with E-state index in [1.807, 2.05) is 0 Å². The largest absolute Gasteiger partial charge is 0.480 e. The molecule has 0 saturated heterocycles. The normalized spacial score (nSPS) is 12.8. The van der Waals surface area contributed by atoms with Crippen molar-refractivity contribution in [3.8, 4) is 0 Å². The van der Waals surface area contributed by atoms with Crippen LogP contribution in [0.2, 0.25) is 0 Å². The zero-order valence-electron chi connectivity index (χ0n) is 6.74. The van der Waals surface area contributed by atoms with Gasteiger partial charge in [-0.1, -0.05) is 0 Å². The summed E-state index contributed by atoms with van der Waals surface area (Å²) in [4.78, 5) is 10.6. The van der Waals surface area contributed by atoms with Crippen LogP contribution >= 0.6 is 0 Å². The molecule has 1 aromatic rings. The Balaban J connectivity index is 2.54. The van der Waals surface area contributed by atoms with Crippen LogP contribution in [0.25, 0.3) is 0 Å². The van der Waals surface area contributed by atoms with Crippen LogP contribution in [0.4, 0.5) is 0 Å². The van der Waals surface area contributed by atoms with E-state index in [2.05, 4.69) is 15.5 Å². The van der Waals surface area contributed by atoms with Gasteiger partial charge in [-0.15, -0.1) is 0 Å². The predicted octanol–water partition coefficient (Wildman–Crippen LogP) is -0.375. The number of aliphatic carboxylic acids is 1. The van der Waals surface area contributed by atoms with E-state index in [4.69, 9.17) is 5.11 Å². The second-order valence-electron chi connectivity index (χ2n) is 2.47. The van der Waals surface area contributed by atoms with Gasteiger partial charge in [0, 0.05) is 18.3 Å². The molecule has 1 rings (SSSR count). The summed E-state index contributed by atoms with van der Waals surface area (Å²) in [6, 6.07) is 1.21. The van der Waals surface area contributed by atoms with Crippen molar-refractivity contribution in [1.82, 2.24) is 15.5 Å². The summed E-state index contributed by atoms with van der Waals surface area (Å²) < 4.78 is 0. The van der Waals surface area contributed by atoms with Gasteiger partial charge in [-0.3, -0.25) is 9.89 Å². The smallest absolute Gasteiger partial charge is 0.321 e. The zero-order chi connectivity index (χ0) is 8.97. The van der Waals surface area contributed by atoms with Crippen molar-refractivity contribution in [1.29, 1.82) is 0 Å². The molecule has 5 nitrogen and oxygen atoms in total. The molecule has 1 aromatic heterocycles. The number of H-pyrrole nitrogens is 1. The first-order chi connectivity index (χ1) is 5.74. The number of carboxylic acids is 1. The summed E-state index contributed by atoms with van der Waals surface area (Å²) >= 11 is 0. The third-order valence-corrected chi connectivity index (χ3v) is 1.63. The molecule has 1 atom stereocenters. The third kappa shape index (κ3) is 2.06. The van der Waals surface area contributed by atoms with Gasteiger partial charge in [0.1, 0.15) is 6.04 Å². The molecule has 0 saturated carbocycles. The van der Waals surface area contributed by atoms with Gasteiger partial charge in [0.15, 0.2) is 0 Å². The Labute approximate surface area is 69.8 Å². The Morgan fingerprint density at radius 3 is 3.08 bits per heavy atom. The van der Waals surface area contributed by atoms with Gasteiger partial charge in [0.25, 0.3) is 0 Å². The number of hydrogen-bond donors (Lipinski definition) is 3. The van der Waals surface area contributed by atoms with E-state index >= 15 is 0 Å². The number of aromatic nitrogens is 2. The Morgan fingerprint density at radius 2 is 2.67 bits per heavy atom. The fourth-order valence-corrected chi connectivity index (χ4v) is 0.931. The van der Waals surface area contributed by atoms with Gasteiger partial charge in [0.2, 0.25) is 0 Å². The maximum atomic E-state index is 10.6. The van der Waals surface area contributed by atoms with E-state index in [1.165, 1.54) is 0 Å². The van der Waals surface area contributed by atoms with Crippen LogP contribution in [0.1, 0.15) is 5.69 Å². The van der Waals surface area contributed by atoms with E-state index in [0.29, 0.717) is 6.42 Å². The molecule has 3 N–H and O–H groups in total. The average molecular weight is 169 g/mol. The van der Waals surface area contributed by atoms with Gasteiger partial charge in [-0.25, -0.2) is 0 Å². The summed E-state index contributed by atoms with van der Waals surface area (Å²) in [5.41, 5.74) is 0.816. The van der Waals surface area contributed by atoms with Gasteiger partial charge >= 0.3 is 5.97 Å². The molecule has 1 heterocycles. The zero-order valence-corrected chi connectivity index (χ0v) is 6.74. The van der Waals surface area contributed by atoms with Gasteiger partial charge < -0.3 is 10.4 Å². The van der Waals surface area contributed by atoms with Crippen LogP contribution < -0.4 is 5.32 Å². The first-order valence-electron chi connectivity index (χ1n) is 3.62. The Morgan fingerprint density at radius 1 is 1.92 bits per heavy atom. The van der Waals surface area contributed by atoms with Crippen molar-refractivity contribution in [2.75, 3.05) is 7.05 Å². The minimum Gasteiger partial charge on any atom is -0.480 e. The molecule has 0 aliphatic carbocycles. The second-order valence-corrected chi connectivity index (χ2v) is 2.47. The summed E-state index contributed by atoms with van der Waals surface area (Å²) in [7, 11) is 1.62. The average Bonchev–Trinajstić information content (AvgIpc) is 2.51. The monoisotopic (exact) mass is 169 g/mol. The van der Waals surface area contributed by atoms with Crippen molar-refractivity contribution in [3.05, 3.63) is 18.0 Å². The van der Waals surface area contributed by atoms with Crippen LogP contribution in [0.15, 0.2) is 12.3 Å². The first kappa shape index (κ1) is 8.73. The van der Waals surface area contributed by atoms with Crippen LogP contribution in [-0.4, -0.2) is 34.4 Å². The number of nitrogens with one attached hydrogen (secondary N) is 2. The molecular weight excluding hydrogens is 158 g/mol. The third-order valence-electron chi connectivity index (χ3n) is 1.63. The summed E-state index contributed by atoms with van der Waals surface area (Å²) in [6.45, 7) is 0. The maximum Gasteiger partial charge on any atom is 0.321 e. The fraction of sp³-hybridized carbons (Fsp3) is 0.429. The predicted molar refractivity (Wildman–Crippen MR) is 42.8 cm³/mol. The van der Waals surface area contributed by atoms with Crippen LogP contribution in [0.5, 0.6) is 0 Å². The Bertz CT molecular complexity index is 245. The highest BCUT2D eigenvalue weighted by Gasteiger charge is 2.15. The summed E-state index contributed by atoms with van der Waals surface area (Å²) in [5, 5.41) is 17.8. The van der Waals surface area contributed by atoms with E-state index in [1.54, 1.807) is 19.3 Å². The Hall–Kier alpha value is -1.36. The fourth-order valence-electron chi connectivity index (χ4n) is 0.931. The maximum absolute atomic E-state index is 10.6.